The molecule has 2 heteroatoms. The lowest BCUT2D eigenvalue weighted by molar-refractivity contribution is -0.144. The van der Waals surface area contributed by atoms with E-state index in [1.54, 1.807) is 0 Å². The number of carbonyl (C=O) groups is 1. The number of esters is 1. The highest BCUT2D eigenvalue weighted by Crippen LogP contribution is 2.67. The summed E-state index contributed by atoms with van der Waals surface area (Å²) in [5, 5.41) is 0. The minimum atomic E-state index is -0.180. The van der Waals surface area contributed by atoms with Crippen molar-refractivity contribution in [2.45, 2.75) is 40.2 Å². The molecule has 78 valence electrons. The van der Waals surface area contributed by atoms with Crippen LogP contribution >= 0.6 is 0 Å². The molecule has 1 saturated carbocycles. The predicted octanol–water partition coefficient (Wildman–Crippen LogP) is 2.54. The van der Waals surface area contributed by atoms with Crippen molar-refractivity contribution in [3.05, 3.63) is 11.6 Å². The van der Waals surface area contributed by atoms with Crippen molar-refractivity contribution in [1.82, 2.24) is 0 Å². The van der Waals surface area contributed by atoms with Crippen LogP contribution in [-0.4, -0.2) is 12.1 Å². The van der Waals surface area contributed by atoms with Gasteiger partial charge in [0.1, 0.15) is 6.10 Å². The number of ether oxygens (including phenoxy) is 1. The molecule has 14 heavy (non-hydrogen) atoms. The Bertz CT molecular complexity index is 301. The van der Waals surface area contributed by atoms with Crippen molar-refractivity contribution < 1.29 is 9.53 Å². The molecule has 0 aromatic rings. The van der Waals surface area contributed by atoms with E-state index in [2.05, 4.69) is 19.9 Å². The molecule has 3 atom stereocenters. The Balaban J connectivity index is 2.03. The summed E-state index contributed by atoms with van der Waals surface area (Å²) in [6.07, 6.45) is 3.40. The molecular formula is C12H18O2. The van der Waals surface area contributed by atoms with E-state index >= 15 is 0 Å². The second-order valence-electron chi connectivity index (χ2n) is 5.10. The quantitative estimate of drug-likeness (QED) is 0.499. The molecule has 1 unspecified atom stereocenters. The second-order valence-corrected chi connectivity index (χ2v) is 5.10. The molecule has 0 aliphatic heterocycles. The Morgan fingerprint density at radius 1 is 1.64 bits per heavy atom. The molecule has 0 spiro atoms. The Morgan fingerprint density at radius 3 is 2.71 bits per heavy atom. The van der Waals surface area contributed by atoms with Crippen LogP contribution in [-0.2, 0) is 9.53 Å². The smallest absolute Gasteiger partial charge is 0.303 e. The van der Waals surface area contributed by atoms with Crippen molar-refractivity contribution in [1.29, 1.82) is 0 Å². The van der Waals surface area contributed by atoms with Gasteiger partial charge in [0.05, 0.1) is 0 Å². The van der Waals surface area contributed by atoms with Crippen LogP contribution in [0.15, 0.2) is 11.6 Å². The fourth-order valence-electron chi connectivity index (χ4n) is 2.97. The van der Waals surface area contributed by atoms with Crippen molar-refractivity contribution >= 4 is 5.97 Å². The highest BCUT2D eigenvalue weighted by Gasteiger charge is 2.61. The molecule has 2 nitrogen and oxygen atoms in total. The van der Waals surface area contributed by atoms with E-state index in [-0.39, 0.29) is 12.1 Å². The van der Waals surface area contributed by atoms with Crippen molar-refractivity contribution in [3.63, 3.8) is 0 Å². The normalized spacial score (nSPS) is 34.4. The standard InChI is InChI=1S/C12H18O2/c1-7(14-8(2)13)9-5-6-10-11(9)12(10,3)4/h5,7,10-11H,6H2,1-4H3/t7?,10-,11+/m1/s1. The van der Waals surface area contributed by atoms with E-state index in [9.17, 15) is 4.79 Å². The summed E-state index contributed by atoms with van der Waals surface area (Å²) >= 11 is 0. The van der Waals surface area contributed by atoms with Crippen molar-refractivity contribution in [2.24, 2.45) is 17.3 Å². The highest BCUT2D eigenvalue weighted by molar-refractivity contribution is 5.66. The summed E-state index contributed by atoms with van der Waals surface area (Å²) in [7, 11) is 0. The van der Waals surface area contributed by atoms with Crippen LogP contribution in [0.4, 0.5) is 0 Å². The molecule has 1 fully saturated rings. The maximum absolute atomic E-state index is 10.8. The van der Waals surface area contributed by atoms with Gasteiger partial charge >= 0.3 is 5.97 Å². The van der Waals surface area contributed by atoms with Gasteiger partial charge < -0.3 is 4.74 Å². The van der Waals surface area contributed by atoms with E-state index < -0.39 is 0 Å². The van der Waals surface area contributed by atoms with E-state index in [1.165, 1.54) is 18.9 Å². The van der Waals surface area contributed by atoms with Crippen LogP contribution in [0.1, 0.15) is 34.1 Å². The van der Waals surface area contributed by atoms with Gasteiger partial charge in [0.15, 0.2) is 0 Å². The first kappa shape index (κ1) is 9.75. The molecule has 0 aromatic heterocycles. The van der Waals surface area contributed by atoms with Crippen LogP contribution in [0.2, 0.25) is 0 Å². The number of hydrogen-bond donors (Lipinski definition) is 0. The van der Waals surface area contributed by atoms with Crippen LogP contribution in [0.25, 0.3) is 0 Å². The Morgan fingerprint density at radius 2 is 2.29 bits per heavy atom. The van der Waals surface area contributed by atoms with Gasteiger partial charge in [0.25, 0.3) is 0 Å². The molecule has 2 rings (SSSR count). The fraction of sp³-hybridized carbons (Fsp3) is 0.750. The van der Waals surface area contributed by atoms with Crippen LogP contribution < -0.4 is 0 Å². The summed E-state index contributed by atoms with van der Waals surface area (Å²) in [5.74, 6) is 1.28. The van der Waals surface area contributed by atoms with Crippen molar-refractivity contribution in [3.8, 4) is 0 Å². The van der Waals surface area contributed by atoms with Gasteiger partial charge in [-0.15, -0.1) is 0 Å². The molecule has 2 aliphatic carbocycles. The number of allylic oxidation sites excluding steroid dienone is 1. The van der Waals surface area contributed by atoms with Crippen LogP contribution in [0, 0.1) is 17.3 Å². The molecule has 0 bridgehead atoms. The Hall–Kier alpha value is -0.790. The van der Waals surface area contributed by atoms with E-state index in [4.69, 9.17) is 4.74 Å². The van der Waals surface area contributed by atoms with Gasteiger partial charge in [-0.1, -0.05) is 19.9 Å². The van der Waals surface area contributed by atoms with E-state index in [0.717, 1.165) is 5.92 Å². The lowest BCUT2D eigenvalue weighted by atomic mass is 9.97. The highest BCUT2D eigenvalue weighted by atomic mass is 16.5. The fourth-order valence-corrected chi connectivity index (χ4v) is 2.97. The molecular weight excluding hydrogens is 176 g/mol. The van der Waals surface area contributed by atoms with Crippen LogP contribution in [0.5, 0.6) is 0 Å². The average Bonchev–Trinajstić information content (AvgIpc) is 2.46. The molecule has 0 aromatic carbocycles. The van der Waals surface area contributed by atoms with Crippen LogP contribution in [0.3, 0.4) is 0 Å². The topological polar surface area (TPSA) is 26.3 Å². The minimum absolute atomic E-state index is 0.0238. The average molecular weight is 194 g/mol. The summed E-state index contributed by atoms with van der Waals surface area (Å²) in [5.41, 5.74) is 1.79. The largest absolute Gasteiger partial charge is 0.458 e. The monoisotopic (exact) mass is 194 g/mol. The van der Waals surface area contributed by atoms with Gasteiger partial charge in [0.2, 0.25) is 0 Å². The maximum Gasteiger partial charge on any atom is 0.303 e. The van der Waals surface area contributed by atoms with Gasteiger partial charge in [-0.3, -0.25) is 4.79 Å². The molecule has 0 heterocycles. The molecule has 0 amide bonds. The Kier molecular flexibility index (Phi) is 1.98. The molecule has 2 aliphatic rings. The first-order valence-corrected chi connectivity index (χ1v) is 5.31. The third kappa shape index (κ3) is 1.28. The zero-order chi connectivity index (χ0) is 10.5. The molecule has 0 radical (unpaired) electrons. The first-order valence-electron chi connectivity index (χ1n) is 5.31. The summed E-state index contributed by atoms with van der Waals surface area (Å²) in [6, 6.07) is 0. The SMILES string of the molecule is CC(=O)OC(C)C1=CC[C@@H]2[C@H]1C2(C)C. The number of carbonyl (C=O) groups excluding carboxylic acids is 1. The maximum atomic E-state index is 10.8. The minimum Gasteiger partial charge on any atom is -0.458 e. The predicted molar refractivity (Wildman–Crippen MR) is 54.7 cm³/mol. The first-order chi connectivity index (χ1) is 6.44. The van der Waals surface area contributed by atoms with E-state index in [0.29, 0.717) is 11.3 Å². The van der Waals surface area contributed by atoms with Gasteiger partial charge in [-0.05, 0) is 36.2 Å². The third-order valence-electron chi connectivity index (χ3n) is 3.83. The number of fused-ring (bicyclic) bond motifs is 1. The number of rotatable bonds is 2. The van der Waals surface area contributed by atoms with E-state index in [1.807, 2.05) is 6.92 Å². The van der Waals surface area contributed by atoms with Gasteiger partial charge in [-0.25, -0.2) is 0 Å². The summed E-state index contributed by atoms with van der Waals surface area (Å²) < 4.78 is 5.22. The third-order valence-corrected chi connectivity index (χ3v) is 3.83. The zero-order valence-corrected chi connectivity index (χ0v) is 9.33. The van der Waals surface area contributed by atoms with Gasteiger partial charge in [-0.2, -0.15) is 0 Å². The zero-order valence-electron chi connectivity index (χ0n) is 9.33. The van der Waals surface area contributed by atoms with Gasteiger partial charge in [0, 0.05) is 6.92 Å². The summed E-state index contributed by atoms with van der Waals surface area (Å²) in [4.78, 5) is 10.8. The number of hydrogen-bond acceptors (Lipinski definition) is 2. The lowest BCUT2D eigenvalue weighted by Gasteiger charge is -2.17. The lowest BCUT2D eigenvalue weighted by Crippen LogP contribution is -2.17. The molecule has 0 N–H and O–H groups in total. The second kappa shape index (κ2) is 2.85. The van der Waals surface area contributed by atoms with Crippen molar-refractivity contribution in [2.75, 3.05) is 0 Å². The summed E-state index contributed by atoms with van der Waals surface area (Å²) in [6.45, 7) is 8.05. The molecule has 0 saturated heterocycles. The Labute approximate surface area is 85.3 Å².